The van der Waals surface area contributed by atoms with E-state index in [2.05, 4.69) is 4.74 Å². The Hall–Kier alpha value is -0.380. The highest BCUT2D eigenvalue weighted by Gasteiger charge is 2.19. The minimum absolute atomic E-state index is 0.163. The van der Waals surface area contributed by atoms with Crippen LogP contribution in [-0.2, 0) is 11.3 Å². The topological polar surface area (TPSA) is 9.23 Å². The van der Waals surface area contributed by atoms with E-state index in [9.17, 15) is 8.78 Å². The van der Waals surface area contributed by atoms with Crippen molar-refractivity contribution in [2.24, 2.45) is 0 Å². The maximum absolute atomic E-state index is 13.4. The van der Waals surface area contributed by atoms with Crippen molar-refractivity contribution in [1.29, 1.82) is 0 Å². The molecule has 0 aliphatic carbocycles. The highest BCUT2D eigenvalue weighted by atomic mass is 35.5. The zero-order valence-corrected chi connectivity index (χ0v) is 9.14. The minimum Gasteiger partial charge on any atom is -0.380 e. The van der Waals surface area contributed by atoms with Gasteiger partial charge in [-0.05, 0) is 12.5 Å². The molecule has 0 radical (unpaired) electrons. The van der Waals surface area contributed by atoms with Crippen LogP contribution in [0.25, 0.3) is 0 Å². The van der Waals surface area contributed by atoms with E-state index in [1.54, 1.807) is 0 Å². The molecule has 0 spiro atoms. The van der Waals surface area contributed by atoms with E-state index >= 15 is 0 Å². The van der Waals surface area contributed by atoms with Crippen LogP contribution < -0.4 is 0 Å². The molecular formula is C9H8Cl2F2O. The van der Waals surface area contributed by atoms with Gasteiger partial charge in [0.25, 0.3) is 0 Å². The second kappa shape index (κ2) is 4.43. The Labute approximate surface area is 90.6 Å². The first-order valence-electron chi connectivity index (χ1n) is 3.81. The molecule has 0 atom stereocenters. The lowest BCUT2D eigenvalue weighted by Gasteiger charge is -2.10. The molecule has 0 aliphatic heterocycles. The van der Waals surface area contributed by atoms with Gasteiger partial charge in [-0.1, -0.05) is 23.2 Å². The molecule has 0 aliphatic rings. The number of hydrogen-bond donors (Lipinski definition) is 0. The second-order valence-corrected chi connectivity index (χ2v) is 3.55. The number of methoxy groups -OCH3 is 1. The summed E-state index contributed by atoms with van der Waals surface area (Å²) in [4.78, 5) is 0. The SMILES string of the molecule is COCc1c(F)c(Cl)c(C)c(Cl)c1F. The van der Waals surface area contributed by atoms with Gasteiger partial charge in [-0.15, -0.1) is 0 Å². The van der Waals surface area contributed by atoms with E-state index in [4.69, 9.17) is 23.2 Å². The molecule has 0 bridgehead atoms. The van der Waals surface area contributed by atoms with Gasteiger partial charge >= 0.3 is 0 Å². The molecule has 5 heteroatoms. The normalized spacial score (nSPS) is 10.7. The maximum atomic E-state index is 13.4. The first-order chi connectivity index (χ1) is 6.50. The molecule has 0 unspecified atom stereocenters. The zero-order valence-electron chi connectivity index (χ0n) is 7.63. The van der Waals surface area contributed by atoms with E-state index < -0.39 is 11.6 Å². The van der Waals surface area contributed by atoms with Gasteiger partial charge in [-0.2, -0.15) is 0 Å². The summed E-state index contributed by atoms with van der Waals surface area (Å²) in [5, 5.41) is -0.327. The zero-order chi connectivity index (χ0) is 10.9. The summed E-state index contributed by atoms with van der Waals surface area (Å²) in [7, 11) is 1.33. The summed E-state index contributed by atoms with van der Waals surface area (Å²) in [6.07, 6.45) is 0. The van der Waals surface area contributed by atoms with Crippen molar-refractivity contribution in [3.8, 4) is 0 Å². The molecule has 0 aromatic heterocycles. The Balaban J connectivity index is 3.43. The quantitative estimate of drug-likeness (QED) is 0.717. The summed E-state index contributed by atoms with van der Waals surface area (Å²) >= 11 is 11.2. The van der Waals surface area contributed by atoms with Gasteiger partial charge in [0.1, 0.15) is 0 Å². The van der Waals surface area contributed by atoms with Gasteiger partial charge < -0.3 is 4.74 Å². The van der Waals surface area contributed by atoms with Crippen LogP contribution in [0.1, 0.15) is 11.1 Å². The third-order valence-electron chi connectivity index (χ3n) is 1.86. The van der Waals surface area contributed by atoms with Crippen LogP contribution in [-0.4, -0.2) is 7.11 Å². The first kappa shape index (κ1) is 11.7. The molecule has 0 N–H and O–H groups in total. The number of hydrogen-bond acceptors (Lipinski definition) is 1. The van der Waals surface area contributed by atoms with Crippen molar-refractivity contribution in [1.82, 2.24) is 0 Å². The van der Waals surface area contributed by atoms with Crippen LogP contribution in [0.2, 0.25) is 10.0 Å². The van der Waals surface area contributed by atoms with Crippen LogP contribution in [0.3, 0.4) is 0 Å². The highest BCUT2D eigenvalue weighted by molar-refractivity contribution is 6.36. The fraction of sp³-hybridized carbons (Fsp3) is 0.333. The average Bonchev–Trinajstić information content (AvgIpc) is 2.19. The van der Waals surface area contributed by atoms with E-state index in [1.807, 2.05) is 0 Å². The summed E-state index contributed by atoms with van der Waals surface area (Å²) in [5.74, 6) is -1.62. The molecule has 1 rings (SSSR count). The molecule has 0 fully saturated rings. The Bertz CT molecular complexity index is 337. The smallest absolute Gasteiger partial charge is 0.150 e. The van der Waals surface area contributed by atoms with E-state index in [0.717, 1.165) is 0 Å². The molecule has 0 saturated carbocycles. The third kappa shape index (κ3) is 1.85. The molecule has 14 heavy (non-hydrogen) atoms. The molecule has 0 heterocycles. The van der Waals surface area contributed by atoms with Crippen LogP contribution in [0.15, 0.2) is 0 Å². The molecule has 1 aromatic rings. The summed E-state index contributed by atoms with van der Waals surface area (Å²) in [6.45, 7) is 1.25. The number of halogens is 4. The Morgan fingerprint density at radius 1 is 1.14 bits per heavy atom. The van der Waals surface area contributed by atoms with Gasteiger partial charge in [-0.3, -0.25) is 0 Å². The second-order valence-electron chi connectivity index (χ2n) is 2.79. The largest absolute Gasteiger partial charge is 0.380 e. The van der Waals surface area contributed by atoms with Gasteiger partial charge in [0.2, 0.25) is 0 Å². The van der Waals surface area contributed by atoms with Crippen LogP contribution in [0.5, 0.6) is 0 Å². The maximum Gasteiger partial charge on any atom is 0.150 e. The molecule has 1 aromatic carbocycles. The van der Waals surface area contributed by atoms with E-state index in [-0.39, 0.29) is 27.8 Å². The standard InChI is InChI=1S/C9H8Cl2F2O/c1-4-6(10)8(12)5(3-14-2)9(13)7(4)11/h3H2,1-2H3. The molecule has 1 nitrogen and oxygen atoms in total. The Morgan fingerprint density at radius 3 is 1.93 bits per heavy atom. The van der Waals surface area contributed by atoms with Crippen LogP contribution >= 0.6 is 23.2 Å². The summed E-state index contributed by atoms with van der Waals surface area (Å²) < 4.78 is 31.4. The van der Waals surface area contributed by atoms with Crippen molar-refractivity contribution in [2.75, 3.05) is 7.11 Å². The van der Waals surface area contributed by atoms with Gasteiger partial charge in [-0.25, -0.2) is 8.78 Å². The number of rotatable bonds is 2. The third-order valence-corrected chi connectivity index (χ3v) is 2.76. The van der Waals surface area contributed by atoms with Gasteiger partial charge in [0, 0.05) is 7.11 Å². The van der Waals surface area contributed by atoms with Crippen molar-refractivity contribution >= 4 is 23.2 Å². The van der Waals surface area contributed by atoms with E-state index in [0.29, 0.717) is 0 Å². The summed E-state index contributed by atoms with van der Waals surface area (Å²) in [5.41, 5.74) is -0.0451. The van der Waals surface area contributed by atoms with Gasteiger partial charge in [0.05, 0.1) is 22.2 Å². The fourth-order valence-corrected chi connectivity index (χ4v) is 1.52. The van der Waals surface area contributed by atoms with Crippen molar-refractivity contribution in [2.45, 2.75) is 13.5 Å². The van der Waals surface area contributed by atoms with Crippen LogP contribution in [0, 0.1) is 18.6 Å². The number of benzene rings is 1. The lowest BCUT2D eigenvalue weighted by molar-refractivity contribution is 0.177. The lowest BCUT2D eigenvalue weighted by Crippen LogP contribution is -2.01. The molecule has 78 valence electrons. The molecule has 0 amide bonds. The van der Waals surface area contributed by atoms with Crippen LogP contribution in [0.4, 0.5) is 8.78 Å². The highest BCUT2D eigenvalue weighted by Crippen LogP contribution is 2.32. The number of ether oxygens (including phenoxy) is 1. The minimum atomic E-state index is -0.812. The van der Waals surface area contributed by atoms with Crippen molar-refractivity contribution < 1.29 is 13.5 Å². The summed E-state index contributed by atoms with van der Waals surface area (Å²) in [6, 6.07) is 0. The van der Waals surface area contributed by atoms with Crippen molar-refractivity contribution in [3.05, 3.63) is 32.8 Å². The first-order valence-corrected chi connectivity index (χ1v) is 4.56. The average molecular weight is 241 g/mol. The van der Waals surface area contributed by atoms with E-state index in [1.165, 1.54) is 14.0 Å². The predicted octanol–water partition coefficient (Wildman–Crippen LogP) is 3.73. The molecule has 0 saturated heterocycles. The lowest BCUT2D eigenvalue weighted by atomic mass is 10.1. The monoisotopic (exact) mass is 240 g/mol. The predicted molar refractivity (Wildman–Crippen MR) is 51.8 cm³/mol. The Kier molecular flexibility index (Phi) is 3.70. The fourth-order valence-electron chi connectivity index (χ4n) is 1.06. The Morgan fingerprint density at radius 2 is 1.57 bits per heavy atom. The van der Waals surface area contributed by atoms with Crippen molar-refractivity contribution in [3.63, 3.8) is 0 Å². The van der Waals surface area contributed by atoms with Gasteiger partial charge in [0.15, 0.2) is 11.6 Å². The molecular weight excluding hydrogens is 233 g/mol.